The van der Waals surface area contributed by atoms with Gasteiger partial charge in [0.1, 0.15) is 5.82 Å². The van der Waals surface area contributed by atoms with E-state index in [-0.39, 0.29) is 11.7 Å². The smallest absolute Gasteiger partial charge is 0.339 e. The highest BCUT2D eigenvalue weighted by molar-refractivity contribution is 5.94. The topological polar surface area (TPSA) is 88.2 Å². The summed E-state index contributed by atoms with van der Waals surface area (Å²) in [7, 11) is 1.36. The maximum atomic E-state index is 13.3. The van der Waals surface area contributed by atoms with Gasteiger partial charge in [0, 0.05) is 50.4 Å². The van der Waals surface area contributed by atoms with Crippen molar-refractivity contribution in [2.75, 3.05) is 39.8 Å². The Labute approximate surface area is 264 Å². The summed E-state index contributed by atoms with van der Waals surface area (Å²) in [4.78, 5) is 43.1. The molecule has 1 aliphatic heterocycles. The number of amides is 1. The largest absolute Gasteiger partial charge is 0.466 e. The number of rotatable bonds is 10. The van der Waals surface area contributed by atoms with Crippen molar-refractivity contribution in [1.82, 2.24) is 15.1 Å². The van der Waals surface area contributed by atoms with Crippen LogP contribution in [0, 0.1) is 12.7 Å². The van der Waals surface area contributed by atoms with Crippen LogP contribution in [-0.4, -0.2) is 73.0 Å². The maximum absolute atomic E-state index is 13.3. The third-order valence-electron chi connectivity index (χ3n) is 7.45. The second-order valence-corrected chi connectivity index (χ2v) is 12.4. The SMILES string of the molecule is COC(=O)/C(=C\c1ccc(F)cc1)CN1CCN(Cc2ccc(C(=O)OC(C(=O)NC(C)(C)C)c3ccc(C)cc3)cc2)CC1. The number of nitrogens with zero attached hydrogens (tertiary/aromatic N) is 2. The summed E-state index contributed by atoms with van der Waals surface area (Å²) in [6, 6.07) is 20.6. The van der Waals surface area contributed by atoms with Crippen molar-refractivity contribution in [3.05, 3.63) is 112 Å². The van der Waals surface area contributed by atoms with Gasteiger partial charge in [0.05, 0.1) is 18.2 Å². The molecule has 0 aromatic heterocycles. The first-order valence-corrected chi connectivity index (χ1v) is 15.1. The Morgan fingerprint density at radius 1 is 0.889 bits per heavy atom. The molecule has 3 aromatic carbocycles. The second kappa shape index (κ2) is 15.1. The van der Waals surface area contributed by atoms with Crippen LogP contribution in [0.4, 0.5) is 4.39 Å². The zero-order chi connectivity index (χ0) is 32.6. The zero-order valence-corrected chi connectivity index (χ0v) is 26.6. The van der Waals surface area contributed by atoms with E-state index in [2.05, 4.69) is 15.1 Å². The Kier molecular flexibility index (Phi) is 11.3. The summed E-state index contributed by atoms with van der Waals surface area (Å²) in [5.74, 6) is -1.68. The van der Waals surface area contributed by atoms with E-state index in [4.69, 9.17) is 9.47 Å². The van der Waals surface area contributed by atoms with Gasteiger partial charge < -0.3 is 14.8 Å². The summed E-state index contributed by atoms with van der Waals surface area (Å²) in [5, 5.41) is 2.91. The number of ether oxygens (including phenoxy) is 2. The molecule has 1 N–H and O–H groups in total. The van der Waals surface area contributed by atoms with Crippen LogP contribution in [0.25, 0.3) is 6.08 Å². The van der Waals surface area contributed by atoms with Crippen LogP contribution >= 0.6 is 0 Å². The first-order valence-electron chi connectivity index (χ1n) is 15.1. The number of aryl methyl sites for hydroxylation is 1. The molecule has 1 atom stereocenters. The fourth-order valence-electron chi connectivity index (χ4n) is 5.04. The monoisotopic (exact) mass is 615 g/mol. The Bertz CT molecular complexity index is 1490. The molecule has 0 radical (unpaired) electrons. The molecular weight excluding hydrogens is 573 g/mol. The summed E-state index contributed by atoms with van der Waals surface area (Å²) in [6.45, 7) is 11.9. The number of carbonyl (C=O) groups excluding carboxylic acids is 3. The van der Waals surface area contributed by atoms with Crippen molar-refractivity contribution in [2.45, 2.75) is 45.9 Å². The number of piperazine rings is 1. The molecule has 9 heteroatoms. The van der Waals surface area contributed by atoms with Crippen LogP contribution in [0.3, 0.4) is 0 Å². The van der Waals surface area contributed by atoms with Crippen LogP contribution in [0.15, 0.2) is 78.4 Å². The maximum Gasteiger partial charge on any atom is 0.339 e. The summed E-state index contributed by atoms with van der Waals surface area (Å²) >= 11 is 0. The average molecular weight is 616 g/mol. The third kappa shape index (κ3) is 10.1. The Morgan fingerprint density at radius 2 is 1.49 bits per heavy atom. The Hall–Kier alpha value is -4.34. The number of methoxy groups -OCH3 is 1. The number of hydrogen-bond donors (Lipinski definition) is 1. The molecule has 1 heterocycles. The highest BCUT2D eigenvalue weighted by Crippen LogP contribution is 2.22. The number of hydrogen-bond acceptors (Lipinski definition) is 7. The summed E-state index contributed by atoms with van der Waals surface area (Å²) in [6.07, 6.45) is 0.669. The van der Waals surface area contributed by atoms with E-state index in [0.717, 1.165) is 42.9 Å². The lowest BCUT2D eigenvalue weighted by Gasteiger charge is -2.35. The van der Waals surface area contributed by atoms with Gasteiger partial charge >= 0.3 is 11.9 Å². The molecule has 1 amide bonds. The summed E-state index contributed by atoms with van der Waals surface area (Å²) in [5.41, 5.74) is 3.84. The molecule has 1 aliphatic rings. The molecule has 45 heavy (non-hydrogen) atoms. The number of carbonyl (C=O) groups is 3. The van der Waals surface area contributed by atoms with Gasteiger partial charge in [0.2, 0.25) is 6.10 Å². The minimum atomic E-state index is -1.07. The molecule has 1 saturated heterocycles. The van der Waals surface area contributed by atoms with Crippen LogP contribution in [0.1, 0.15) is 59.5 Å². The predicted molar refractivity (Wildman–Crippen MR) is 172 cm³/mol. The molecule has 1 fully saturated rings. The van der Waals surface area contributed by atoms with Crippen molar-refractivity contribution in [2.24, 2.45) is 0 Å². The Morgan fingerprint density at radius 3 is 2.07 bits per heavy atom. The number of nitrogens with one attached hydrogen (secondary N) is 1. The van der Waals surface area contributed by atoms with E-state index in [0.29, 0.717) is 29.8 Å². The van der Waals surface area contributed by atoms with E-state index < -0.39 is 23.6 Å². The lowest BCUT2D eigenvalue weighted by Crippen LogP contribution is -2.46. The van der Waals surface area contributed by atoms with E-state index >= 15 is 0 Å². The van der Waals surface area contributed by atoms with Crippen molar-refractivity contribution in [3.8, 4) is 0 Å². The molecule has 4 rings (SSSR count). The van der Waals surface area contributed by atoms with E-state index in [1.807, 2.05) is 52.0 Å². The van der Waals surface area contributed by atoms with Crippen LogP contribution in [-0.2, 0) is 25.6 Å². The van der Waals surface area contributed by atoms with Gasteiger partial charge in [0.15, 0.2) is 0 Å². The van der Waals surface area contributed by atoms with Gasteiger partial charge in [-0.05, 0) is 69.2 Å². The van der Waals surface area contributed by atoms with Crippen LogP contribution in [0.5, 0.6) is 0 Å². The van der Waals surface area contributed by atoms with E-state index in [1.165, 1.54) is 19.2 Å². The molecule has 0 saturated carbocycles. The van der Waals surface area contributed by atoms with Gasteiger partial charge in [-0.15, -0.1) is 0 Å². The quantitative estimate of drug-likeness (QED) is 0.244. The zero-order valence-electron chi connectivity index (χ0n) is 26.6. The van der Waals surface area contributed by atoms with Crippen LogP contribution in [0.2, 0.25) is 0 Å². The van der Waals surface area contributed by atoms with Gasteiger partial charge in [-0.1, -0.05) is 54.1 Å². The minimum Gasteiger partial charge on any atom is -0.466 e. The van der Waals surface area contributed by atoms with Crippen molar-refractivity contribution in [3.63, 3.8) is 0 Å². The van der Waals surface area contributed by atoms with Gasteiger partial charge in [-0.3, -0.25) is 14.6 Å². The van der Waals surface area contributed by atoms with E-state index in [1.54, 1.807) is 42.5 Å². The molecule has 238 valence electrons. The van der Waals surface area contributed by atoms with Gasteiger partial charge in [0.25, 0.3) is 5.91 Å². The van der Waals surface area contributed by atoms with Gasteiger partial charge in [-0.25, -0.2) is 14.0 Å². The number of benzene rings is 3. The fraction of sp³-hybridized carbons (Fsp3) is 0.361. The van der Waals surface area contributed by atoms with Crippen molar-refractivity contribution >= 4 is 23.9 Å². The molecule has 3 aromatic rings. The normalized spacial score (nSPS) is 15.3. The Balaban J connectivity index is 1.33. The molecule has 0 spiro atoms. The first kappa shape index (κ1) is 33.6. The highest BCUT2D eigenvalue weighted by atomic mass is 19.1. The number of esters is 2. The second-order valence-electron chi connectivity index (χ2n) is 12.4. The lowest BCUT2D eigenvalue weighted by molar-refractivity contribution is -0.136. The van der Waals surface area contributed by atoms with Crippen molar-refractivity contribution < 1.29 is 28.2 Å². The molecular formula is C36H42FN3O5. The van der Waals surface area contributed by atoms with Crippen molar-refractivity contribution in [1.29, 1.82) is 0 Å². The molecule has 0 bridgehead atoms. The average Bonchev–Trinajstić information content (AvgIpc) is 3.01. The predicted octanol–water partition coefficient (Wildman–Crippen LogP) is 5.32. The standard InChI is InChI=1S/C36H42FN3O5/c1-25-6-12-28(13-7-25)32(33(41)38-36(2,3)4)45-35(43)29-14-8-27(9-15-29)23-39-18-20-40(21-19-39)24-30(34(42)44-5)22-26-10-16-31(37)17-11-26/h6-17,22,32H,18-21,23-24H2,1-5H3,(H,38,41)/b30-22-. The third-order valence-corrected chi connectivity index (χ3v) is 7.45. The highest BCUT2D eigenvalue weighted by Gasteiger charge is 2.29. The van der Waals surface area contributed by atoms with Gasteiger partial charge in [-0.2, -0.15) is 0 Å². The first-order chi connectivity index (χ1) is 21.4. The molecule has 8 nitrogen and oxygen atoms in total. The number of halogens is 1. The lowest BCUT2D eigenvalue weighted by atomic mass is 10.0. The molecule has 0 aliphatic carbocycles. The fourth-order valence-corrected chi connectivity index (χ4v) is 5.04. The summed E-state index contributed by atoms with van der Waals surface area (Å²) < 4.78 is 24.0. The van der Waals surface area contributed by atoms with E-state index in [9.17, 15) is 18.8 Å². The molecule has 1 unspecified atom stereocenters. The minimum absolute atomic E-state index is 0.329. The van der Waals surface area contributed by atoms with Crippen LogP contribution < -0.4 is 5.32 Å².